The van der Waals surface area contributed by atoms with E-state index in [1.165, 1.54) is 16.7 Å². The SMILES string of the molecule is COc1ccc(-c2cscc2C)cc1. The van der Waals surface area contributed by atoms with Crippen LogP contribution in [0.2, 0.25) is 0 Å². The molecule has 0 aliphatic carbocycles. The van der Waals surface area contributed by atoms with Crippen LogP contribution < -0.4 is 4.74 Å². The molecule has 14 heavy (non-hydrogen) atoms. The zero-order valence-corrected chi connectivity index (χ0v) is 9.10. The van der Waals surface area contributed by atoms with Crippen molar-refractivity contribution in [2.45, 2.75) is 6.92 Å². The monoisotopic (exact) mass is 204 g/mol. The fourth-order valence-electron chi connectivity index (χ4n) is 1.43. The molecular weight excluding hydrogens is 192 g/mol. The third-order valence-electron chi connectivity index (χ3n) is 2.26. The highest BCUT2D eigenvalue weighted by Gasteiger charge is 2.02. The van der Waals surface area contributed by atoms with Gasteiger partial charge in [0, 0.05) is 0 Å². The van der Waals surface area contributed by atoms with E-state index < -0.39 is 0 Å². The summed E-state index contributed by atoms with van der Waals surface area (Å²) in [6.07, 6.45) is 0. The summed E-state index contributed by atoms with van der Waals surface area (Å²) >= 11 is 1.74. The summed E-state index contributed by atoms with van der Waals surface area (Å²) in [5.74, 6) is 0.904. The normalized spacial score (nSPS) is 10.1. The lowest BCUT2D eigenvalue weighted by atomic mass is 10.1. The third kappa shape index (κ3) is 1.66. The van der Waals surface area contributed by atoms with Crippen LogP contribution in [-0.2, 0) is 0 Å². The predicted molar refractivity (Wildman–Crippen MR) is 61.0 cm³/mol. The summed E-state index contributed by atoms with van der Waals surface area (Å²) in [4.78, 5) is 0. The van der Waals surface area contributed by atoms with Crippen LogP contribution in [-0.4, -0.2) is 7.11 Å². The van der Waals surface area contributed by atoms with Crippen molar-refractivity contribution in [1.82, 2.24) is 0 Å². The lowest BCUT2D eigenvalue weighted by Gasteiger charge is -2.02. The van der Waals surface area contributed by atoms with Gasteiger partial charge in [-0.1, -0.05) is 12.1 Å². The predicted octanol–water partition coefficient (Wildman–Crippen LogP) is 3.73. The molecule has 0 unspecified atom stereocenters. The molecule has 0 saturated carbocycles. The highest BCUT2D eigenvalue weighted by atomic mass is 32.1. The number of aryl methyl sites for hydroxylation is 1. The zero-order chi connectivity index (χ0) is 9.97. The molecule has 0 bridgehead atoms. The second-order valence-corrected chi connectivity index (χ2v) is 3.94. The molecular formula is C12H12OS. The fraction of sp³-hybridized carbons (Fsp3) is 0.167. The van der Waals surface area contributed by atoms with Crippen LogP contribution in [0.15, 0.2) is 35.0 Å². The zero-order valence-electron chi connectivity index (χ0n) is 8.28. The molecule has 2 aromatic rings. The van der Waals surface area contributed by atoms with E-state index in [4.69, 9.17) is 4.74 Å². The van der Waals surface area contributed by atoms with Gasteiger partial charge in [-0.05, 0) is 46.5 Å². The van der Waals surface area contributed by atoms with Crippen LogP contribution in [0.25, 0.3) is 11.1 Å². The minimum Gasteiger partial charge on any atom is -0.497 e. The summed E-state index contributed by atoms with van der Waals surface area (Å²) in [6, 6.07) is 8.17. The van der Waals surface area contributed by atoms with E-state index in [1.807, 2.05) is 12.1 Å². The van der Waals surface area contributed by atoms with Crippen LogP contribution in [0.5, 0.6) is 5.75 Å². The molecule has 0 N–H and O–H groups in total. The van der Waals surface area contributed by atoms with Crippen molar-refractivity contribution in [2.24, 2.45) is 0 Å². The smallest absolute Gasteiger partial charge is 0.118 e. The molecule has 1 aromatic heterocycles. The highest BCUT2D eigenvalue weighted by molar-refractivity contribution is 7.08. The summed E-state index contributed by atoms with van der Waals surface area (Å²) in [7, 11) is 1.69. The van der Waals surface area contributed by atoms with Crippen molar-refractivity contribution < 1.29 is 4.74 Å². The van der Waals surface area contributed by atoms with Crippen molar-refractivity contribution in [3.63, 3.8) is 0 Å². The second-order valence-electron chi connectivity index (χ2n) is 3.20. The molecule has 0 amide bonds. The van der Waals surface area contributed by atoms with Gasteiger partial charge in [0.05, 0.1) is 7.11 Å². The summed E-state index contributed by atoms with van der Waals surface area (Å²) in [6.45, 7) is 2.13. The standard InChI is InChI=1S/C12H12OS/c1-9-7-14-8-12(9)10-3-5-11(13-2)6-4-10/h3-8H,1-2H3. The summed E-state index contributed by atoms with van der Waals surface area (Å²) in [5, 5.41) is 4.34. The van der Waals surface area contributed by atoms with Crippen LogP contribution >= 0.6 is 11.3 Å². The van der Waals surface area contributed by atoms with Crippen molar-refractivity contribution in [3.05, 3.63) is 40.6 Å². The molecule has 0 aliphatic heterocycles. The van der Waals surface area contributed by atoms with E-state index >= 15 is 0 Å². The highest BCUT2D eigenvalue weighted by Crippen LogP contribution is 2.27. The molecule has 72 valence electrons. The first-order valence-corrected chi connectivity index (χ1v) is 5.43. The number of hydrogen-bond donors (Lipinski definition) is 0. The Morgan fingerprint density at radius 1 is 1.07 bits per heavy atom. The lowest BCUT2D eigenvalue weighted by molar-refractivity contribution is 0.415. The minimum atomic E-state index is 0.904. The number of rotatable bonds is 2. The van der Waals surface area contributed by atoms with E-state index in [0.717, 1.165) is 5.75 Å². The Bertz CT molecular complexity index is 414. The molecule has 1 aromatic carbocycles. The molecule has 0 aliphatic rings. The first-order chi connectivity index (χ1) is 6.81. The molecule has 0 atom stereocenters. The Hall–Kier alpha value is -1.28. The third-order valence-corrected chi connectivity index (χ3v) is 3.12. The van der Waals surface area contributed by atoms with Gasteiger partial charge in [-0.15, -0.1) is 0 Å². The van der Waals surface area contributed by atoms with Gasteiger partial charge in [0.25, 0.3) is 0 Å². The fourth-order valence-corrected chi connectivity index (χ4v) is 2.28. The van der Waals surface area contributed by atoms with Crippen LogP contribution in [0.1, 0.15) is 5.56 Å². The van der Waals surface area contributed by atoms with Crippen molar-refractivity contribution in [3.8, 4) is 16.9 Å². The maximum atomic E-state index is 5.12. The summed E-state index contributed by atoms with van der Waals surface area (Å²) in [5.41, 5.74) is 3.90. The van der Waals surface area contributed by atoms with Gasteiger partial charge in [0.2, 0.25) is 0 Å². The molecule has 0 saturated heterocycles. The van der Waals surface area contributed by atoms with E-state index in [-0.39, 0.29) is 0 Å². The van der Waals surface area contributed by atoms with E-state index in [1.54, 1.807) is 18.4 Å². The molecule has 0 radical (unpaired) electrons. The second kappa shape index (κ2) is 3.84. The van der Waals surface area contributed by atoms with Gasteiger partial charge in [-0.25, -0.2) is 0 Å². The molecule has 0 fully saturated rings. The molecule has 2 heteroatoms. The molecule has 2 rings (SSSR count). The van der Waals surface area contributed by atoms with Gasteiger partial charge in [-0.3, -0.25) is 0 Å². The Labute approximate surface area is 88.0 Å². The molecule has 1 nitrogen and oxygen atoms in total. The molecule has 1 heterocycles. The van der Waals surface area contributed by atoms with Crippen molar-refractivity contribution in [1.29, 1.82) is 0 Å². The Kier molecular flexibility index (Phi) is 2.55. The van der Waals surface area contributed by atoms with Gasteiger partial charge >= 0.3 is 0 Å². The average molecular weight is 204 g/mol. The number of hydrogen-bond acceptors (Lipinski definition) is 2. The quantitative estimate of drug-likeness (QED) is 0.724. The van der Waals surface area contributed by atoms with E-state index in [2.05, 4.69) is 29.8 Å². The number of methoxy groups -OCH3 is 1. The molecule has 0 spiro atoms. The first-order valence-electron chi connectivity index (χ1n) is 4.48. The van der Waals surface area contributed by atoms with Crippen LogP contribution in [0, 0.1) is 6.92 Å². The van der Waals surface area contributed by atoms with Gasteiger partial charge < -0.3 is 4.74 Å². The number of thiophene rings is 1. The Morgan fingerprint density at radius 3 is 2.29 bits per heavy atom. The maximum absolute atomic E-state index is 5.12. The van der Waals surface area contributed by atoms with Crippen LogP contribution in [0.4, 0.5) is 0 Å². The van der Waals surface area contributed by atoms with Gasteiger partial charge in [0.15, 0.2) is 0 Å². The van der Waals surface area contributed by atoms with Gasteiger partial charge in [-0.2, -0.15) is 11.3 Å². The summed E-state index contributed by atoms with van der Waals surface area (Å²) < 4.78 is 5.12. The van der Waals surface area contributed by atoms with E-state index in [0.29, 0.717) is 0 Å². The van der Waals surface area contributed by atoms with Crippen molar-refractivity contribution >= 4 is 11.3 Å². The Morgan fingerprint density at radius 2 is 1.79 bits per heavy atom. The largest absolute Gasteiger partial charge is 0.497 e. The van der Waals surface area contributed by atoms with Crippen molar-refractivity contribution in [2.75, 3.05) is 7.11 Å². The maximum Gasteiger partial charge on any atom is 0.118 e. The van der Waals surface area contributed by atoms with Gasteiger partial charge in [0.1, 0.15) is 5.75 Å². The minimum absolute atomic E-state index is 0.904. The number of ether oxygens (including phenoxy) is 1. The number of benzene rings is 1. The first kappa shape index (κ1) is 9.28. The average Bonchev–Trinajstić information content (AvgIpc) is 2.65. The van der Waals surface area contributed by atoms with Crippen LogP contribution in [0.3, 0.4) is 0 Å². The van der Waals surface area contributed by atoms with E-state index in [9.17, 15) is 0 Å². The lowest BCUT2D eigenvalue weighted by Crippen LogP contribution is -1.82. The topological polar surface area (TPSA) is 9.23 Å². The Balaban J connectivity index is 2.39.